The summed E-state index contributed by atoms with van der Waals surface area (Å²) in [5.41, 5.74) is 0.708. The molecule has 1 N–H and O–H groups in total. The summed E-state index contributed by atoms with van der Waals surface area (Å²) in [7, 11) is 0. The maximum atomic E-state index is 12.9. The van der Waals surface area contributed by atoms with Crippen LogP contribution in [0.5, 0.6) is 17.2 Å². The summed E-state index contributed by atoms with van der Waals surface area (Å²) in [5.74, 6) is 0.0714. The second kappa shape index (κ2) is 7.51. The number of nitrogens with zero attached hydrogens (tertiary/aromatic N) is 1. The average molecular weight is 392 g/mol. The minimum absolute atomic E-state index is 0.0646. The predicted molar refractivity (Wildman–Crippen MR) is 104 cm³/mol. The number of hydrogen-bond donors (Lipinski definition) is 1. The molecule has 2 heterocycles. The number of urea groups is 1. The molecule has 0 spiro atoms. The molecule has 0 aliphatic carbocycles. The summed E-state index contributed by atoms with van der Waals surface area (Å²) in [6, 6.07) is 10.7. The number of benzene rings is 2. The molecule has 2 aromatic rings. The quantitative estimate of drug-likeness (QED) is 0.478. The number of anilines is 1. The van der Waals surface area contributed by atoms with Gasteiger partial charge in [0.15, 0.2) is 11.5 Å². The molecular weight excluding hydrogens is 376 g/mol. The van der Waals surface area contributed by atoms with Crippen molar-refractivity contribution < 1.29 is 28.6 Å². The van der Waals surface area contributed by atoms with Gasteiger partial charge < -0.3 is 14.2 Å². The number of ether oxygens (including phenoxy) is 3. The number of hydrogen-bond acceptors (Lipinski definition) is 6. The summed E-state index contributed by atoms with van der Waals surface area (Å²) in [5, 5.41) is 2.19. The Hall–Kier alpha value is -4.07. The van der Waals surface area contributed by atoms with Gasteiger partial charge in [0.05, 0.1) is 5.69 Å². The van der Waals surface area contributed by atoms with Crippen molar-refractivity contribution >= 4 is 29.6 Å². The number of carbonyl (C=O) groups is 3. The van der Waals surface area contributed by atoms with Crippen LogP contribution in [-0.4, -0.2) is 31.2 Å². The lowest BCUT2D eigenvalue weighted by Crippen LogP contribution is -2.54. The van der Waals surface area contributed by atoms with E-state index in [2.05, 4.69) is 11.9 Å². The van der Waals surface area contributed by atoms with E-state index in [1.165, 1.54) is 12.1 Å². The zero-order valence-corrected chi connectivity index (χ0v) is 15.2. The van der Waals surface area contributed by atoms with Gasteiger partial charge in [0.25, 0.3) is 11.8 Å². The molecule has 2 aromatic carbocycles. The monoisotopic (exact) mass is 392 g/mol. The van der Waals surface area contributed by atoms with Crippen molar-refractivity contribution in [2.24, 2.45) is 0 Å². The van der Waals surface area contributed by atoms with Crippen molar-refractivity contribution in [1.29, 1.82) is 0 Å². The fourth-order valence-corrected chi connectivity index (χ4v) is 2.90. The molecule has 1 saturated heterocycles. The van der Waals surface area contributed by atoms with Crippen molar-refractivity contribution in [3.05, 3.63) is 66.3 Å². The normalized spacial score (nSPS) is 16.8. The number of imide groups is 2. The predicted octanol–water partition coefficient (Wildman–Crippen LogP) is 2.65. The van der Waals surface area contributed by atoms with E-state index in [4.69, 9.17) is 14.2 Å². The van der Waals surface area contributed by atoms with Crippen LogP contribution < -0.4 is 24.4 Å². The van der Waals surface area contributed by atoms with Crippen LogP contribution >= 0.6 is 0 Å². The highest BCUT2D eigenvalue weighted by molar-refractivity contribution is 6.39. The van der Waals surface area contributed by atoms with Gasteiger partial charge in [-0.15, -0.1) is 0 Å². The maximum absolute atomic E-state index is 12.9. The van der Waals surface area contributed by atoms with Crippen LogP contribution in [-0.2, 0) is 9.59 Å². The molecule has 0 bridgehead atoms. The molecule has 0 unspecified atom stereocenters. The van der Waals surface area contributed by atoms with Crippen LogP contribution in [0.2, 0.25) is 0 Å². The first-order chi connectivity index (χ1) is 14.1. The topological polar surface area (TPSA) is 94.2 Å². The number of carbonyl (C=O) groups excluding carboxylic acids is 3. The fraction of sp³-hybridized carbons (Fsp3) is 0.0952. The van der Waals surface area contributed by atoms with Crippen LogP contribution in [0.25, 0.3) is 6.08 Å². The van der Waals surface area contributed by atoms with E-state index in [0.717, 1.165) is 4.90 Å². The van der Waals surface area contributed by atoms with Crippen molar-refractivity contribution in [1.82, 2.24) is 5.32 Å². The third-order valence-corrected chi connectivity index (χ3v) is 4.27. The van der Waals surface area contributed by atoms with E-state index in [0.29, 0.717) is 29.4 Å². The van der Waals surface area contributed by atoms with Crippen molar-refractivity contribution in [2.75, 3.05) is 18.3 Å². The summed E-state index contributed by atoms with van der Waals surface area (Å²) in [6.07, 6.45) is 3.05. The van der Waals surface area contributed by atoms with Gasteiger partial charge in [0.1, 0.15) is 17.9 Å². The summed E-state index contributed by atoms with van der Waals surface area (Å²) in [4.78, 5) is 38.4. The van der Waals surface area contributed by atoms with Gasteiger partial charge in [0, 0.05) is 6.07 Å². The Bertz CT molecular complexity index is 1040. The van der Waals surface area contributed by atoms with Crippen molar-refractivity contribution in [3.8, 4) is 17.2 Å². The lowest BCUT2D eigenvalue weighted by atomic mass is 10.1. The molecule has 0 radical (unpaired) electrons. The Morgan fingerprint density at radius 2 is 1.83 bits per heavy atom. The summed E-state index contributed by atoms with van der Waals surface area (Å²) in [6.45, 7) is 4.01. The fourth-order valence-electron chi connectivity index (χ4n) is 2.90. The molecule has 146 valence electrons. The Morgan fingerprint density at radius 3 is 2.59 bits per heavy atom. The molecular formula is C21H16N2O6. The van der Waals surface area contributed by atoms with E-state index in [1.54, 1.807) is 42.5 Å². The lowest BCUT2D eigenvalue weighted by molar-refractivity contribution is -0.122. The number of nitrogens with one attached hydrogen (secondary N) is 1. The van der Waals surface area contributed by atoms with Crippen molar-refractivity contribution in [3.63, 3.8) is 0 Å². The summed E-state index contributed by atoms with van der Waals surface area (Å²) < 4.78 is 15.9. The second-order valence-electron chi connectivity index (χ2n) is 6.16. The van der Waals surface area contributed by atoms with Gasteiger partial charge in [0.2, 0.25) is 6.79 Å². The third-order valence-electron chi connectivity index (χ3n) is 4.27. The molecule has 8 heteroatoms. The van der Waals surface area contributed by atoms with Crippen LogP contribution in [0, 0.1) is 0 Å². The molecule has 0 atom stereocenters. The minimum atomic E-state index is -0.829. The van der Waals surface area contributed by atoms with E-state index < -0.39 is 17.8 Å². The highest BCUT2D eigenvalue weighted by Gasteiger charge is 2.37. The first-order valence-electron chi connectivity index (χ1n) is 8.71. The molecule has 2 aliphatic heterocycles. The molecule has 1 fully saturated rings. The smallest absolute Gasteiger partial charge is 0.335 e. The molecule has 29 heavy (non-hydrogen) atoms. The molecule has 2 aliphatic rings. The lowest BCUT2D eigenvalue weighted by Gasteiger charge is -2.26. The van der Waals surface area contributed by atoms with Crippen LogP contribution in [0.4, 0.5) is 10.5 Å². The van der Waals surface area contributed by atoms with Gasteiger partial charge in [-0.1, -0.05) is 24.8 Å². The Labute approximate surface area is 166 Å². The van der Waals surface area contributed by atoms with E-state index in [9.17, 15) is 14.4 Å². The van der Waals surface area contributed by atoms with E-state index >= 15 is 0 Å². The number of fused-ring (bicyclic) bond motifs is 1. The van der Waals surface area contributed by atoms with E-state index in [1.807, 2.05) is 0 Å². The van der Waals surface area contributed by atoms with Gasteiger partial charge in [-0.2, -0.15) is 0 Å². The first-order valence-corrected chi connectivity index (χ1v) is 8.71. The van der Waals surface area contributed by atoms with Crippen LogP contribution in [0.1, 0.15) is 5.56 Å². The summed E-state index contributed by atoms with van der Waals surface area (Å²) >= 11 is 0. The molecule has 0 aromatic heterocycles. The number of rotatable bonds is 5. The first kappa shape index (κ1) is 18.3. The molecule has 4 rings (SSSR count). The SMILES string of the molecule is C=CCOc1ccc(/C=C2\C(=O)NC(=O)N(c3ccc4c(c3)OCO4)C2=O)cc1. The maximum Gasteiger partial charge on any atom is 0.335 e. The van der Waals surface area contributed by atoms with E-state index in [-0.39, 0.29) is 18.1 Å². The van der Waals surface area contributed by atoms with Crippen LogP contribution in [0.15, 0.2) is 60.7 Å². The van der Waals surface area contributed by atoms with Crippen molar-refractivity contribution in [2.45, 2.75) is 0 Å². The molecule has 0 saturated carbocycles. The Kier molecular flexibility index (Phi) is 4.74. The number of barbiturate groups is 1. The minimum Gasteiger partial charge on any atom is -0.490 e. The standard InChI is InChI=1S/C21H16N2O6/c1-2-9-27-15-6-3-13(4-7-15)10-16-19(24)22-21(26)23(20(16)25)14-5-8-17-18(11-14)29-12-28-17/h2-8,10-11H,1,9,12H2,(H,22,24,26)/b16-10+. The second-order valence-corrected chi connectivity index (χ2v) is 6.16. The van der Waals surface area contributed by atoms with Gasteiger partial charge in [-0.05, 0) is 35.9 Å². The van der Waals surface area contributed by atoms with Gasteiger partial charge in [-0.3, -0.25) is 14.9 Å². The highest BCUT2D eigenvalue weighted by Crippen LogP contribution is 2.36. The zero-order chi connectivity index (χ0) is 20.4. The Balaban J connectivity index is 1.63. The highest BCUT2D eigenvalue weighted by atomic mass is 16.7. The van der Waals surface area contributed by atoms with Crippen LogP contribution in [0.3, 0.4) is 0 Å². The largest absolute Gasteiger partial charge is 0.490 e. The van der Waals surface area contributed by atoms with Gasteiger partial charge in [-0.25, -0.2) is 9.69 Å². The third kappa shape index (κ3) is 3.55. The Morgan fingerprint density at radius 1 is 1.07 bits per heavy atom. The number of amides is 4. The molecule has 4 amide bonds. The average Bonchev–Trinajstić information content (AvgIpc) is 3.18. The van der Waals surface area contributed by atoms with Gasteiger partial charge >= 0.3 is 6.03 Å². The molecule has 8 nitrogen and oxygen atoms in total. The zero-order valence-electron chi connectivity index (χ0n) is 15.2.